The Balaban J connectivity index is 1.50. The van der Waals surface area contributed by atoms with Crippen LogP contribution in [-0.4, -0.2) is 35.3 Å². The Hall–Kier alpha value is -4.41. The number of phenols is 1. The zero-order chi connectivity index (χ0) is 26.6. The van der Waals surface area contributed by atoms with Crippen LogP contribution in [0.1, 0.15) is 28.7 Å². The topological polar surface area (TPSA) is 178 Å². The predicted octanol–water partition coefficient (Wildman–Crippen LogP) is 1.29. The summed E-state index contributed by atoms with van der Waals surface area (Å²) in [6, 6.07) is 20.6. The molecule has 0 aliphatic heterocycles. The van der Waals surface area contributed by atoms with Crippen LogP contribution in [0.4, 0.5) is 5.69 Å². The van der Waals surface area contributed by atoms with Crippen molar-refractivity contribution >= 4 is 23.3 Å². The van der Waals surface area contributed by atoms with Gasteiger partial charge in [-0.1, -0.05) is 48.5 Å². The number of nitrogen functional groups attached to an aromatic ring is 2. The van der Waals surface area contributed by atoms with E-state index in [1.165, 1.54) is 0 Å². The van der Waals surface area contributed by atoms with Gasteiger partial charge >= 0.3 is 0 Å². The zero-order valence-corrected chi connectivity index (χ0v) is 20.5. The summed E-state index contributed by atoms with van der Waals surface area (Å²) in [5.74, 6) is -0.474. The summed E-state index contributed by atoms with van der Waals surface area (Å²) in [4.78, 5) is 25.2. The number of nitrogens with one attached hydrogen (secondary N) is 5. The van der Waals surface area contributed by atoms with Crippen molar-refractivity contribution in [3.05, 3.63) is 95.1 Å². The van der Waals surface area contributed by atoms with Crippen LogP contribution in [0.5, 0.6) is 5.75 Å². The van der Waals surface area contributed by atoms with E-state index >= 15 is 0 Å². The molecule has 194 valence electrons. The molecule has 0 saturated carbocycles. The molecule has 10 heteroatoms. The lowest BCUT2D eigenvalue weighted by Crippen LogP contribution is -2.51. The average molecular weight is 504 g/mol. The van der Waals surface area contributed by atoms with E-state index < -0.39 is 6.04 Å². The van der Waals surface area contributed by atoms with E-state index in [0.717, 1.165) is 16.7 Å². The molecule has 0 unspecified atom stereocenters. The van der Waals surface area contributed by atoms with Gasteiger partial charge in [-0.05, 0) is 53.8 Å². The quantitative estimate of drug-likeness (QED) is 0.0749. The third kappa shape index (κ3) is 9.28. The fourth-order valence-electron chi connectivity index (χ4n) is 3.51. The van der Waals surface area contributed by atoms with Crippen molar-refractivity contribution in [1.82, 2.24) is 21.5 Å². The molecule has 3 rings (SSSR count). The minimum absolute atomic E-state index is 0.0187. The van der Waals surface area contributed by atoms with Crippen molar-refractivity contribution in [2.75, 3.05) is 12.3 Å². The fourth-order valence-corrected chi connectivity index (χ4v) is 3.51. The third-order valence-corrected chi connectivity index (χ3v) is 5.70. The van der Waals surface area contributed by atoms with Gasteiger partial charge in [0.2, 0.25) is 11.8 Å². The Morgan fingerprint density at radius 1 is 0.838 bits per heavy atom. The normalized spacial score (nSPS) is 11.5. The van der Waals surface area contributed by atoms with Crippen LogP contribution in [0, 0.1) is 5.41 Å². The molecule has 0 radical (unpaired) electrons. The Morgan fingerprint density at radius 3 is 2.08 bits per heavy atom. The number of carbonyl (C=O) groups excluding carboxylic acids is 2. The lowest BCUT2D eigenvalue weighted by Gasteiger charge is -2.19. The maximum atomic E-state index is 12.9. The molecular weight excluding hydrogens is 470 g/mol. The standard InChI is InChI=1S/C27H33N7O3/c28-22-10-3-20(4-11-22)16-33-34-24(14-7-18-5-12-23(35)13-6-18)27(37)32-17-25(36)31-15-19-1-8-21(9-2-19)26(29)30/h1-6,8-13,24,33-35H,7,14-17,28H2,(H3,29,30)(H,31,36)(H,32,37)/t24-/m1/s1. The SMILES string of the molecule is N=C(N)c1ccc(CNC(=O)CNC(=O)[C@@H](CCc2ccc(O)cc2)NNCc2ccc(N)cc2)cc1. The summed E-state index contributed by atoms with van der Waals surface area (Å²) >= 11 is 0. The molecule has 0 heterocycles. The molecule has 2 amide bonds. The number of rotatable bonds is 13. The van der Waals surface area contributed by atoms with E-state index in [1.54, 1.807) is 36.4 Å². The number of aromatic hydroxyl groups is 1. The first kappa shape index (κ1) is 27.2. The van der Waals surface area contributed by atoms with Gasteiger partial charge in [-0.3, -0.25) is 20.4 Å². The van der Waals surface area contributed by atoms with Gasteiger partial charge in [0.25, 0.3) is 0 Å². The fraction of sp³-hybridized carbons (Fsp3) is 0.222. The van der Waals surface area contributed by atoms with Crippen LogP contribution in [0.15, 0.2) is 72.8 Å². The molecule has 3 aromatic rings. The van der Waals surface area contributed by atoms with E-state index in [-0.39, 0.29) is 29.9 Å². The van der Waals surface area contributed by atoms with Gasteiger partial charge in [0.05, 0.1) is 6.54 Å². The predicted molar refractivity (Wildman–Crippen MR) is 143 cm³/mol. The molecule has 0 spiro atoms. The maximum absolute atomic E-state index is 12.9. The van der Waals surface area contributed by atoms with E-state index in [9.17, 15) is 14.7 Å². The molecule has 3 aromatic carbocycles. The number of benzene rings is 3. The van der Waals surface area contributed by atoms with Gasteiger partial charge in [0, 0.05) is 24.3 Å². The Bertz CT molecular complexity index is 1180. The van der Waals surface area contributed by atoms with Gasteiger partial charge in [0.15, 0.2) is 0 Å². The van der Waals surface area contributed by atoms with E-state index in [2.05, 4.69) is 21.5 Å². The van der Waals surface area contributed by atoms with Gasteiger partial charge in [0.1, 0.15) is 17.6 Å². The Morgan fingerprint density at radius 2 is 1.43 bits per heavy atom. The minimum atomic E-state index is -0.602. The van der Waals surface area contributed by atoms with Crippen molar-refractivity contribution in [3.8, 4) is 5.75 Å². The largest absolute Gasteiger partial charge is 0.508 e. The second-order valence-electron chi connectivity index (χ2n) is 8.60. The Kier molecular flexibility index (Phi) is 10.0. The molecule has 0 aromatic heterocycles. The van der Waals surface area contributed by atoms with Crippen molar-refractivity contribution < 1.29 is 14.7 Å². The molecule has 10 N–H and O–H groups in total. The van der Waals surface area contributed by atoms with Crippen LogP contribution in [0.25, 0.3) is 0 Å². The first-order valence-electron chi connectivity index (χ1n) is 11.9. The second kappa shape index (κ2) is 13.6. The first-order valence-corrected chi connectivity index (χ1v) is 11.9. The van der Waals surface area contributed by atoms with Gasteiger partial charge in [-0.15, -0.1) is 0 Å². The Labute approximate surface area is 215 Å². The summed E-state index contributed by atoms with van der Waals surface area (Å²) in [6.45, 7) is 0.602. The van der Waals surface area contributed by atoms with Crippen molar-refractivity contribution in [1.29, 1.82) is 5.41 Å². The molecular formula is C27H33N7O3. The maximum Gasteiger partial charge on any atom is 0.239 e. The minimum Gasteiger partial charge on any atom is -0.508 e. The van der Waals surface area contributed by atoms with Crippen LogP contribution < -0.4 is 33.0 Å². The first-order chi connectivity index (χ1) is 17.8. The second-order valence-corrected chi connectivity index (χ2v) is 8.60. The molecule has 0 saturated heterocycles. The molecule has 37 heavy (non-hydrogen) atoms. The number of amides is 2. The molecule has 0 aliphatic rings. The zero-order valence-electron chi connectivity index (χ0n) is 20.5. The smallest absolute Gasteiger partial charge is 0.239 e. The highest BCUT2D eigenvalue weighted by Crippen LogP contribution is 2.12. The number of aryl methyl sites for hydroxylation is 1. The third-order valence-electron chi connectivity index (χ3n) is 5.70. The number of phenolic OH excluding ortho intramolecular Hbond substituents is 1. The average Bonchev–Trinajstić information content (AvgIpc) is 2.90. The molecule has 0 bridgehead atoms. The molecule has 1 atom stereocenters. The molecule has 0 aliphatic carbocycles. The number of hydrazine groups is 1. The van der Waals surface area contributed by atoms with Gasteiger partial charge in [-0.25, -0.2) is 5.43 Å². The number of hydrogen-bond donors (Lipinski definition) is 8. The lowest BCUT2D eigenvalue weighted by atomic mass is 10.0. The number of anilines is 1. The van der Waals surface area contributed by atoms with E-state index in [1.807, 2.05) is 36.4 Å². The van der Waals surface area contributed by atoms with E-state index in [4.69, 9.17) is 16.9 Å². The van der Waals surface area contributed by atoms with Crippen molar-refractivity contribution in [2.24, 2.45) is 5.73 Å². The van der Waals surface area contributed by atoms with E-state index in [0.29, 0.717) is 37.2 Å². The lowest BCUT2D eigenvalue weighted by molar-refractivity contribution is -0.127. The summed E-state index contributed by atoms with van der Waals surface area (Å²) in [7, 11) is 0. The summed E-state index contributed by atoms with van der Waals surface area (Å²) in [5.41, 5.74) is 21.4. The number of nitrogens with two attached hydrogens (primary N) is 2. The van der Waals surface area contributed by atoms with Crippen LogP contribution >= 0.6 is 0 Å². The van der Waals surface area contributed by atoms with Crippen molar-refractivity contribution in [2.45, 2.75) is 32.0 Å². The summed E-state index contributed by atoms with van der Waals surface area (Å²) in [5, 5.41) is 22.4. The van der Waals surface area contributed by atoms with Crippen molar-refractivity contribution in [3.63, 3.8) is 0 Å². The summed E-state index contributed by atoms with van der Waals surface area (Å²) < 4.78 is 0. The van der Waals surface area contributed by atoms with Crippen LogP contribution in [0.3, 0.4) is 0 Å². The highest BCUT2D eigenvalue weighted by atomic mass is 16.3. The highest BCUT2D eigenvalue weighted by Gasteiger charge is 2.19. The highest BCUT2D eigenvalue weighted by molar-refractivity contribution is 5.94. The number of amidine groups is 1. The molecule has 10 nitrogen and oxygen atoms in total. The molecule has 0 fully saturated rings. The van der Waals surface area contributed by atoms with Crippen LogP contribution in [0.2, 0.25) is 0 Å². The summed E-state index contributed by atoms with van der Waals surface area (Å²) in [6.07, 6.45) is 1.06. The monoisotopic (exact) mass is 503 g/mol. The number of carbonyl (C=O) groups is 2. The number of hydrogen-bond acceptors (Lipinski definition) is 7. The van der Waals surface area contributed by atoms with Crippen LogP contribution in [-0.2, 0) is 29.1 Å². The van der Waals surface area contributed by atoms with Gasteiger partial charge in [-0.2, -0.15) is 0 Å². The van der Waals surface area contributed by atoms with Gasteiger partial charge < -0.3 is 27.2 Å².